The minimum atomic E-state index is -1.56. The predicted octanol–water partition coefficient (Wildman–Crippen LogP) is 2.08. The van der Waals surface area contributed by atoms with E-state index in [2.05, 4.69) is 11.6 Å². The molecule has 0 fully saturated rings. The Bertz CT molecular complexity index is 326. The van der Waals surface area contributed by atoms with E-state index >= 15 is 0 Å². The lowest BCUT2D eigenvalue weighted by Gasteiger charge is -2.14. The minimum absolute atomic E-state index is 0.0316. The predicted molar refractivity (Wildman–Crippen MR) is 55.3 cm³/mol. The topological polar surface area (TPSA) is 62.2 Å². The first-order chi connectivity index (χ1) is 6.29. The summed E-state index contributed by atoms with van der Waals surface area (Å²) in [6, 6.07) is 1.81. The summed E-state index contributed by atoms with van der Waals surface area (Å²) in [6.07, 6.45) is 1.23. The number of allylic oxidation sites excluding steroid dienone is 3. The fourth-order valence-corrected chi connectivity index (χ4v) is 0.639. The molecule has 0 heterocycles. The summed E-state index contributed by atoms with van der Waals surface area (Å²) in [6.45, 7) is 7.64. The standard InChI is InChI=1S/C10H14FN3/c1-7(13)6-14-9(5-12)8(2)10(3,4)11/h6H,1,13H2,2-4H3/b9-8+,14-6-. The number of nitrogens with two attached hydrogens (primary N) is 1. The molecule has 0 aromatic carbocycles. The maximum Gasteiger partial charge on any atom is 0.142 e. The number of hydrogen-bond acceptors (Lipinski definition) is 3. The highest BCUT2D eigenvalue weighted by Gasteiger charge is 2.21. The van der Waals surface area contributed by atoms with Gasteiger partial charge in [0, 0.05) is 5.70 Å². The van der Waals surface area contributed by atoms with Crippen molar-refractivity contribution in [3.05, 3.63) is 23.5 Å². The van der Waals surface area contributed by atoms with Crippen LogP contribution in [-0.4, -0.2) is 11.9 Å². The number of halogens is 1. The molecule has 0 saturated heterocycles. The third-order valence-corrected chi connectivity index (χ3v) is 1.71. The third kappa shape index (κ3) is 3.85. The smallest absolute Gasteiger partial charge is 0.142 e. The summed E-state index contributed by atoms with van der Waals surface area (Å²) < 4.78 is 13.4. The van der Waals surface area contributed by atoms with E-state index in [1.165, 1.54) is 27.0 Å². The number of hydrogen-bond donors (Lipinski definition) is 1. The normalized spacial score (nSPS) is 13.6. The molecule has 0 bridgehead atoms. The summed E-state index contributed by atoms with van der Waals surface area (Å²) in [4.78, 5) is 3.74. The fraction of sp³-hybridized carbons (Fsp3) is 0.400. The van der Waals surface area contributed by atoms with Crippen molar-refractivity contribution >= 4 is 6.21 Å². The van der Waals surface area contributed by atoms with E-state index in [1.54, 1.807) is 0 Å². The first-order valence-corrected chi connectivity index (χ1v) is 4.08. The molecule has 0 saturated carbocycles. The fourth-order valence-electron chi connectivity index (χ4n) is 0.639. The highest BCUT2D eigenvalue weighted by atomic mass is 19.1. The van der Waals surface area contributed by atoms with E-state index in [4.69, 9.17) is 11.0 Å². The van der Waals surface area contributed by atoms with Crippen molar-refractivity contribution in [3.8, 4) is 6.07 Å². The van der Waals surface area contributed by atoms with Crippen LogP contribution in [0, 0.1) is 11.3 Å². The van der Waals surface area contributed by atoms with Gasteiger partial charge >= 0.3 is 0 Å². The van der Waals surface area contributed by atoms with Crippen molar-refractivity contribution < 1.29 is 4.39 Å². The van der Waals surface area contributed by atoms with Crippen molar-refractivity contribution in [3.63, 3.8) is 0 Å². The van der Waals surface area contributed by atoms with Crippen LogP contribution in [0.25, 0.3) is 0 Å². The van der Waals surface area contributed by atoms with Crippen LogP contribution in [0.15, 0.2) is 28.5 Å². The van der Waals surface area contributed by atoms with Gasteiger partial charge in [0.25, 0.3) is 0 Å². The van der Waals surface area contributed by atoms with Crippen LogP contribution in [0.3, 0.4) is 0 Å². The molecule has 0 atom stereocenters. The zero-order valence-electron chi connectivity index (χ0n) is 8.63. The Kier molecular flexibility index (Phi) is 4.03. The van der Waals surface area contributed by atoms with E-state index < -0.39 is 5.67 Å². The molecule has 4 heteroatoms. The molecule has 0 aromatic heterocycles. The first-order valence-electron chi connectivity index (χ1n) is 4.08. The van der Waals surface area contributed by atoms with Crippen molar-refractivity contribution in [2.75, 3.05) is 0 Å². The lowest BCUT2D eigenvalue weighted by Crippen LogP contribution is -2.15. The van der Waals surface area contributed by atoms with Crippen LogP contribution in [0.2, 0.25) is 0 Å². The minimum Gasteiger partial charge on any atom is -0.398 e. The molecule has 3 nitrogen and oxygen atoms in total. The number of alkyl halides is 1. The van der Waals surface area contributed by atoms with E-state index in [9.17, 15) is 4.39 Å². The van der Waals surface area contributed by atoms with Gasteiger partial charge in [-0.05, 0) is 26.3 Å². The third-order valence-electron chi connectivity index (χ3n) is 1.71. The molecule has 0 radical (unpaired) electrons. The summed E-state index contributed by atoms with van der Waals surface area (Å²) in [5.41, 5.74) is 4.21. The lowest BCUT2D eigenvalue weighted by atomic mass is 10.0. The number of nitrogens with zero attached hydrogens (tertiary/aromatic N) is 2. The molecule has 0 aliphatic heterocycles. The van der Waals surface area contributed by atoms with Crippen molar-refractivity contribution in [1.82, 2.24) is 0 Å². The lowest BCUT2D eigenvalue weighted by molar-refractivity contribution is 0.267. The molecule has 0 aliphatic carbocycles. The van der Waals surface area contributed by atoms with Gasteiger partial charge in [-0.3, -0.25) is 0 Å². The van der Waals surface area contributed by atoms with Crippen LogP contribution in [-0.2, 0) is 0 Å². The van der Waals surface area contributed by atoms with Gasteiger partial charge < -0.3 is 5.73 Å². The summed E-state index contributed by atoms with van der Waals surface area (Å²) in [5.74, 6) is 0. The first kappa shape index (κ1) is 12.4. The molecule has 0 aromatic rings. The van der Waals surface area contributed by atoms with Gasteiger partial charge in [0.05, 0.1) is 6.21 Å². The highest BCUT2D eigenvalue weighted by molar-refractivity contribution is 5.77. The Morgan fingerprint density at radius 3 is 2.43 bits per heavy atom. The molecular weight excluding hydrogens is 181 g/mol. The van der Waals surface area contributed by atoms with E-state index in [0.29, 0.717) is 0 Å². The maximum atomic E-state index is 13.4. The number of aliphatic imine (C=N–C) groups is 1. The molecular formula is C10H14FN3. The van der Waals surface area contributed by atoms with Gasteiger partial charge in [-0.1, -0.05) is 6.58 Å². The molecule has 0 aliphatic rings. The molecule has 76 valence electrons. The van der Waals surface area contributed by atoms with Crippen LogP contribution in [0.5, 0.6) is 0 Å². The van der Waals surface area contributed by atoms with E-state index in [1.807, 2.05) is 6.07 Å². The van der Waals surface area contributed by atoms with Crippen LogP contribution in [0.4, 0.5) is 4.39 Å². The number of nitriles is 1. The second kappa shape index (κ2) is 4.56. The van der Waals surface area contributed by atoms with E-state index in [0.717, 1.165) is 0 Å². The Morgan fingerprint density at radius 2 is 2.14 bits per heavy atom. The number of rotatable bonds is 3. The van der Waals surface area contributed by atoms with Gasteiger partial charge in [0.1, 0.15) is 17.4 Å². The van der Waals surface area contributed by atoms with Crippen LogP contribution >= 0.6 is 0 Å². The van der Waals surface area contributed by atoms with Gasteiger partial charge in [-0.2, -0.15) is 5.26 Å². The Labute approximate surface area is 83.4 Å². The molecule has 0 spiro atoms. The van der Waals surface area contributed by atoms with Crippen LogP contribution in [0.1, 0.15) is 20.8 Å². The van der Waals surface area contributed by atoms with Gasteiger partial charge in [0.15, 0.2) is 0 Å². The van der Waals surface area contributed by atoms with Gasteiger partial charge in [-0.15, -0.1) is 0 Å². The Morgan fingerprint density at radius 1 is 1.64 bits per heavy atom. The van der Waals surface area contributed by atoms with Crippen molar-refractivity contribution in [2.24, 2.45) is 10.7 Å². The van der Waals surface area contributed by atoms with Crippen molar-refractivity contribution in [1.29, 1.82) is 5.26 Å². The maximum absolute atomic E-state index is 13.4. The second-order valence-corrected chi connectivity index (χ2v) is 3.39. The second-order valence-electron chi connectivity index (χ2n) is 3.39. The van der Waals surface area contributed by atoms with E-state index in [-0.39, 0.29) is 17.0 Å². The molecule has 0 rings (SSSR count). The molecule has 14 heavy (non-hydrogen) atoms. The zero-order chi connectivity index (χ0) is 11.4. The molecule has 0 amide bonds. The Balaban J connectivity index is 5.09. The highest BCUT2D eigenvalue weighted by Crippen LogP contribution is 2.23. The van der Waals surface area contributed by atoms with Crippen molar-refractivity contribution in [2.45, 2.75) is 26.4 Å². The average Bonchev–Trinajstić information content (AvgIpc) is 2.03. The summed E-state index contributed by atoms with van der Waals surface area (Å²) >= 11 is 0. The average molecular weight is 195 g/mol. The molecule has 2 N–H and O–H groups in total. The monoisotopic (exact) mass is 195 g/mol. The summed E-state index contributed by atoms with van der Waals surface area (Å²) in [7, 11) is 0. The van der Waals surface area contributed by atoms with Crippen LogP contribution < -0.4 is 5.73 Å². The zero-order valence-corrected chi connectivity index (χ0v) is 8.63. The Hall–Kier alpha value is -1.63. The SMILES string of the molecule is C=C(N)/C=N\C(C#N)=C(/C)C(C)(C)F. The quantitative estimate of drug-likeness (QED) is 0.553. The molecule has 0 unspecified atom stereocenters. The van der Waals surface area contributed by atoms with Gasteiger partial charge in [0.2, 0.25) is 0 Å². The summed E-state index contributed by atoms with van der Waals surface area (Å²) in [5, 5.41) is 8.71. The van der Waals surface area contributed by atoms with Gasteiger partial charge in [-0.25, -0.2) is 9.38 Å². The largest absolute Gasteiger partial charge is 0.398 e.